The van der Waals surface area contributed by atoms with Crippen LogP contribution in [0.4, 0.5) is 0 Å². The number of ether oxygens (including phenoxy) is 1. The molecule has 0 N–H and O–H groups in total. The molecule has 2 aromatic heterocycles. The normalized spacial score (nSPS) is 10.6. The lowest BCUT2D eigenvalue weighted by atomic mass is 10.3. The number of hydrogen-bond acceptors (Lipinski definition) is 4. The van der Waals surface area contributed by atoms with Crippen LogP contribution in [0.5, 0.6) is 11.6 Å². The Bertz CT molecular complexity index is 651. The molecule has 17 heavy (non-hydrogen) atoms. The second kappa shape index (κ2) is 4.43. The van der Waals surface area contributed by atoms with Crippen molar-refractivity contribution >= 4 is 37.5 Å². The second-order valence-corrected chi connectivity index (χ2v) is 5.18. The van der Waals surface area contributed by atoms with Crippen LogP contribution in [0.15, 0.2) is 46.5 Å². The summed E-state index contributed by atoms with van der Waals surface area (Å²) in [7, 11) is 0. The third-order valence-electron chi connectivity index (χ3n) is 2.25. The molecule has 0 atom stereocenters. The van der Waals surface area contributed by atoms with Crippen molar-refractivity contribution in [3.63, 3.8) is 0 Å². The van der Waals surface area contributed by atoms with Crippen LogP contribution in [0.3, 0.4) is 0 Å². The van der Waals surface area contributed by atoms with Gasteiger partial charge in [0, 0.05) is 4.47 Å². The molecule has 5 heteroatoms. The van der Waals surface area contributed by atoms with E-state index in [0.29, 0.717) is 5.88 Å². The van der Waals surface area contributed by atoms with Crippen LogP contribution in [-0.2, 0) is 0 Å². The fraction of sp³-hybridized carbons (Fsp3) is 0. The van der Waals surface area contributed by atoms with Crippen LogP contribution in [0.25, 0.3) is 10.2 Å². The first-order valence-corrected chi connectivity index (χ1v) is 6.62. The standard InChI is InChI=1S/C12H7BrN2OS/c13-8-1-3-9(4-2-8)16-11-10-5-6-17-12(10)15-7-14-11/h1-7H. The highest BCUT2D eigenvalue weighted by Crippen LogP contribution is 2.29. The van der Waals surface area contributed by atoms with Crippen LogP contribution in [0, 0.1) is 0 Å². The van der Waals surface area contributed by atoms with Crippen LogP contribution >= 0.6 is 27.3 Å². The molecule has 0 radical (unpaired) electrons. The molecule has 0 saturated carbocycles. The molecule has 0 aliphatic heterocycles. The highest BCUT2D eigenvalue weighted by Gasteiger charge is 2.06. The van der Waals surface area contributed by atoms with Gasteiger partial charge in [-0.05, 0) is 35.7 Å². The predicted molar refractivity (Wildman–Crippen MR) is 71.6 cm³/mol. The molecule has 2 heterocycles. The minimum Gasteiger partial charge on any atom is -0.438 e. The van der Waals surface area contributed by atoms with Gasteiger partial charge in [-0.1, -0.05) is 15.9 Å². The lowest BCUT2D eigenvalue weighted by Crippen LogP contribution is -1.88. The summed E-state index contributed by atoms with van der Waals surface area (Å²) in [6.45, 7) is 0. The summed E-state index contributed by atoms with van der Waals surface area (Å²) in [4.78, 5) is 9.27. The number of benzene rings is 1. The molecule has 0 saturated heterocycles. The van der Waals surface area contributed by atoms with E-state index in [0.717, 1.165) is 20.4 Å². The average molecular weight is 307 g/mol. The maximum absolute atomic E-state index is 5.74. The van der Waals surface area contributed by atoms with E-state index in [4.69, 9.17) is 4.74 Å². The molecule has 3 rings (SSSR count). The SMILES string of the molecule is Brc1ccc(Oc2ncnc3sccc23)cc1. The zero-order chi connectivity index (χ0) is 11.7. The summed E-state index contributed by atoms with van der Waals surface area (Å²) in [6, 6.07) is 9.62. The van der Waals surface area contributed by atoms with Gasteiger partial charge in [0.15, 0.2) is 0 Å². The van der Waals surface area contributed by atoms with Gasteiger partial charge in [-0.2, -0.15) is 0 Å². The molecule has 3 aromatic rings. The first kappa shape index (κ1) is 10.7. The highest BCUT2D eigenvalue weighted by atomic mass is 79.9. The van der Waals surface area contributed by atoms with Crippen molar-refractivity contribution in [3.8, 4) is 11.6 Å². The van der Waals surface area contributed by atoms with E-state index in [1.165, 1.54) is 6.33 Å². The summed E-state index contributed by atoms with van der Waals surface area (Å²) in [5, 5.41) is 2.92. The largest absolute Gasteiger partial charge is 0.438 e. The van der Waals surface area contributed by atoms with Crippen LogP contribution in [0.1, 0.15) is 0 Å². The zero-order valence-electron chi connectivity index (χ0n) is 8.63. The summed E-state index contributed by atoms with van der Waals surface area (Å²) >= 11 is 4.96. The van der Waals surface area contributed by atoms with Crippen molar-refractivity contribution in [1.82, 2.24) is 9.97 Å². The second-order valence-electron chi connectivity index (χ2n) is 3.37. The van der Waals surface area contributed by atoms with Crippen molar-refractivity contribution in [2.45, 2.75) is 0 Å². The zero-order valence-corrected chi connectivity index (χ0v) is 11.0. The first-order valence-electron chi connectivity index (χ1n) is 4.94. The summed E-state index contributed by atoms with van der Waals surface area (Å²) in [5.41, 5.74) is 0. The minimum absolute atomic E-state index is 0.596. The van der Waals surface area contributed by atoms with E-state index in [1.807, 2.05) is 35.7 Å². The van der Waals surface area contributed by atoms with Crippen molar-refractivity contribution in [2.24, 2.45) is 0 Å². The smallest absolute Gasteiger partial charge is 0.231 e. The van der Waals surface area contributed by atoms with Crippen molar-refractivity contribution in [3.05, 3.63) is 46.5 Å². The van der Waals surface area contributed by atoms with Gasteiger partial charge in [-0.3, -0.25) is 0 Å². The van der Waals surface area contributed by atoms with E-state index in [1.54, 1.807) is 11.3 Å². The summed E-state index contributed by atoms with van der Waals surface area (Å²) in [5.74, 6) is 1.36. The molecule has 0 unspecified atom stereocenters. The highest BCUT2D eigenvalue weighted by molar-refractivity contribution is 9.10. The Morgan fingerprint density at radius 2 is 1.88 bits per heavy atom. The van der Waals surface area contributed by atoms with Crippen LogP contribution < -0.4 is 4.74 Å². The van der Waals surface area contributed by atoms with Gasteiger partial charge in [0.2, 0.25) is 5.88 Å². The number of nitrogens with zero attached hydrogens (tertiary/aromatic N) is 2. The van der Waals surface area contributed by atoms with Gasteiger partial charge < -0.3 is 4.74 Å². The molecule has 0 fully saturated rings. The Labute approximate surface area is 110 Å². The molecule has 0 aliphatic rings. The topological polar surface area (TPSA) is 35.0 Å². The van der Waals surface area contributed by atoms with Crippen LogP contribution in [-0.4, -0.2) is 9.97 Å². The molecule has 1 aromatic carbocycles. The predicted octanol–water partition coefficient (Wildman–Crippen LogP) is 4.25. The molecule has 84 valence electrons. The minimum atomic E-state index is 0.596. The number of hydrogen-bond donors (Lipinski definition) is 0. The molecular weight excluding hydrogens is 300 g/mol. The Kier molecular flexibility index (Phi) is 2.78. The Morgan fingerprint density at radius 3 is 2.71 bits per heavy atom. The maximum atomic E-state index is 5.74. The van der Waals surface area contributed by atoms with Crippen molar-refractivity contribution < 1.29 is 4.74 Å². The Hall–Kier alpha value is -1.46. The quantitative estimate of drug-likeness (QED) is 0.710. The number of rotatable bonds is 2. The Balaban J connectivity index is 1.99. The number of aromatic nitrogens is 2. The van der Waals surface area contributed by atoms with Crippen LogP contribution in [0.2, 0.25) is 0 Å². The van der Waals surface area contributed by atoms with Gasteiger partial charge in [0.1, 0.15) is 16.9 Å². The molecule has 3 nitrogen and oxygen atoms in total. The fourth-order valence-electron chi connectivity index (χ4n) is 1.46. The fourth-order valence-corrected chi connectivity index (χ4v) is 2.45. The summed E-state index contributed by atoms with van der Waals surface area (Å²) < 4.78 is 6.76. The third-order valence-corrected chi connectivity index (χ3v) is 3.60. The molecule has 0 aliphatic carbocycles. The Morgan fingerprint density at radius 1 is 1.06 bits per heavy atom. The molecule has 0 bridgehead atoms. The maximum Gasteiger partial charge on any atom is 0.231 e. The average Bonchev–Trinajstić information content (AvgIpc) is 2.81. The van der Waals surface area contributed by atoms with Gasteiger partial charge in [-0.25, -0.2) is 9.97 Å². The van der Waals surface area contributed by atoms with E-state index < -0.39 is 0 Å². The molecule has 0 spiro atoms. The molecule has 0 amide bonds. The lowest BCUT2D eigenvalue weighted by Gasteiger charge is -2.05. The summed E-state index contributed by atoms with van der Waals surface area (Å²) in [6.07, 6.45) is 1.52. The van der Waals surface area contributed by atoms with Gasteiger partial charge in [-0.15, -0.1) is 11.3 Å². The van der Waals surface area contributed by atoms with Crippen molar-refractivity contribution in [2.75, 3.05) is 0 Å². The van der Waals surface area contributed by atoms with Gasteiger partial charge in [0.05, 0.1) is 5.39 Å². The van der Waals surface area contributed by atoms with Gasteiger partial charge in [0.25, 0.3) is 0 Å². The van der Waals surface area contributed by atoms with E-state index in [9.17, 15) is 0 Å². The lowest BCUT2D eigenvalue weighted by molar-refractivity contribution is 0.468. The third kappa shape index (κ3) is 2.16. The van der Waals surface area contributed by atoms with E-state index >= 15 is 0 Å². The van der Waals surface area contributed by atoms with Gasteiger partial charge >= 0.3 is 0 Å². The number of fused-ring (bicyclic) bond motifs is 1. The molecular formula is C12H7BrN2OS. The monoisotopic (exact) mass is 306 g/mol. The first-order chi connectivity index (χ1) is 8.33. The van der Waals surface area contributed by atoms with E-state index in [-0.39, 0.29) is 0 Å². The van der Waals surface area contributed by atoms with E-state index in [2.05, 4.69) is 25.9 Å². The number of thiophene rings is 1. The number of halogens is 1. The van der Waals surface area contributed by atoms with Crippen molar-refractivity contribution in [1.29, 1.82) is 0 Å².